The minimum Gasteiger partial charge on any atom is -0.481 e. The number of benzene rings is 1. The zero-order valence-electron chi connectivity index (χ0n) is 13.0. The number of carboxylic acids is 1. The highest BCUT2D eigenvalue weighted by molar-refractivity contribution is 6.33. The Hall–Kier alpha value is -2.34. The zero-order valence-corrected chi connectivity index (χ0v) is 13.7. The summed E-state index contributed by atoms with van der Waals surface area (Å²) in [4.78, 5) is 35.3. The lowest BCUT2D eigenvalue weighted by Gasteiger charge is -2.24. The summed E-state index contributed by atoms with van der Waals surface area (Å²) in [7, 11) is 0. The maximum Gasteiger partial charge on any atom is 0.307 e. The topological polar surface area (TPSA) is 95.5 Å². The third kappa shape index (κ3) is 3.01. The Morgan fingerprint density at radius 1 is 1.12 bits per heavy atom. The number of halogens is 1. The van der Waals surface area contributed by atoms with E-state index in [0.29, 0.717) is 22.8 Å². The van der Waals surface area contributed by atoms with Crippen LogP contribution in [0.15, 0.2) is 30.4 Å². The molecule has 3 rings (SSSR count). The van der Waals surface area contributed by atoms with E-state index in [4.69, 9.17) is 11.6 Å². The SMILES string of the molecule is CC(=O)Nc1cc(NC(=O)[C@H]2[C@@H](C(=O)O)[C@H]3C=C[C@@H]2C3)ccc1Cl. The van der Waals surface area contributed by atoms with Crippen molar-refractivity contribution in [1.82, 2.24) is 0 Å². The molecule has 1 saturated carbocycles. The number of rotatable bonds is 4. The second-order valence-electron chi connectivity index (χ2n) is 6.20. The van der Waals surface area contributed by atoms with Crippen molar-refractivity contribution in [2.24, 2.45) is 23.7 Å². The van der Waals surface area contributed by atoms with Crippen molar-refractivity contribution in [2.75, 3.05) is 10.6 Å². The number of hydrogen-bond donors (Lipinski definition) is 3. The number of carboxylic acid groups (broad SMARTS) is 1. The van der Waals surface area contributed by atoms with Crippen molar-refractivity contribution in [3.63, 3.8) is 0 Å². The molecule has 0 heterocycles. The summed E-state index contributed by atoms with van der Waals surface area (Å²) in [6.07, 6.45) is 4.52. The Labute approximate surface area is 143 Å². The number of aliphatic carboxylic acids is 1. The molecule has 0 unspecified atom stereocenters. The Kier molecular flexibility index (Phi) is 4.32. The number of carbonyl (C=O) groups is 3. The summed E-state index contributed by atoms with van der Waals surface area (Å²) < 4.78 is 0. The highest BCUT2D eigenvalue weighted by atomic mass is 35.5. The van der Waals surface area contributed by atoms with Crippen LogP contribution < -0.4 is 10.6 Å². The monoisotopic (exact) mass is 348 g/mol. The summed E-state index contributed by atoms with van der Waals surface area (Å²) in [5, 5.41) is 15.1. The van der Waals surface area contributed by atoms with Gasteiger partial charge in [0.15, 0.2) is 0 Å². The fraction of sp³-hybridized carbons (Fsp3) is 0.353. The van der Waals surface area contributed by atoms with Crippen molar-refractivity contribution in [1.29, 1.82) is 0 Å². The average molecular weight is 349 g/mol. The third-order valence-corrected chi connectivity index (χ3v) is 4.92. The van der Waals surface area contributed by atoms with Crippen LogP contribution in [0, 0.1) is 23.7 Å². The first-order chi connectivity index (χ1) is 11.4. The van der Waals surface area contributed by atoms with E-state index in [0.717, 1.165) is 0 Å². The van der Waals surface area contributed by atoms with Gasteiger partial charge in [0.25, 0.3) is 0 Å². The molecule has 2 bridgehead atoms. The van der Waals surface area contributed by atoms with Crippen molar-refractivity contribution in [3.05, 3.63) is 35.4 Å². The van der Waals surface area contributed by atoms with Crippen LogP contribution >= 0.6 is 11.6 Å². The van der Waals surface area contributed by atoms with E-state index in [-0.39, 0.29) is 23.7 Å². The second kappa shape index (κ2) is 6.28. The van der Waals surface area contributed by atoms with Gasteiger partial charge < -0.3 is 15.7 Å². The van der Waals surface area contributed by atoms with E-state index in [1.807, 2.05) is 12.2 Å². The molecule has 4 atom stereocenters. The van der Waals surface area contributed by atoms with Gasteiger partial charge in [-0.2, -0.15) is 0 Å². The van der Waals surface area contributed by atoms with Gasteiger partial charge in [0.2, 0.25) is 11.8 Å². The van der Waals surface area contributed by atoms with E-state index < -0.39 is 17.8 Å². The van der Waals surface area contributed by atoms with Gasteiger partial charge in [0, 0.05) is 12.6 Å². The smallest absolute Gasteiger partial charge is 0.307 e. The molecule has 2 amide bonds. The van der Waals surface area contributed by atoms with Crippen LogP contribution in [0.2, 0.25) is 5.02 Å². The van der Waals surface area contributed by atoms with E-state index >= 15 is 0 Å². The van der Waals surface area contributed by atoms with Crippen LogP contribution in [-0.2, 0) is 14.4 Å². The van der Waals surface area contributed by atoms with Crippen molar-refractivity contribution in [2.45, 2.75) is 13.3 Å². The van der Waals surface area contributed by atoms with Crippen LogP contribution in [0.5, 0.6) is 0 Å². The average Bonchev–Trinajstić information content (AvgIpc) is 3.10. The largest absolute Gasteiger partial charge is 0.481 e. The molecule has 1 fully saturated rings. The van der Waals surface area contributed by atoms with Gasteiger partial charge in [0.1, 0.15) is 0 Å². The standard InChI is InChI=1S/C17H17ClN2O4/c1-8(21)19-13-7-11(4-5-12(13)18)20-16(22)14-9-2-3-10(6-9)15(14)17(23)24/h2-5,7,9-10,14-15H,6H2,1H3,(H,19,21)(H,20,22)(H,23,24)/t9-,10+,14-,15+/m1/s1. The molecular formula is C17H17ClN2O4. The van der Waals surface area contributed by atoms with Crippen LogP contribution in [0.3, 0.4) is 0 Å². The van der Waals surface area contributed by atoms with Crippen molar-refractivity contribution in [3.8, 4) is 0 Å². The predicted octanol–water partition coefficient (Wildman–Crippen LogP) is 2.76. The molecule has 2 aliphatic carbocycles. The van der Waals surface area contributed by atoms with Gasteiger partial charge in [-0.3, -0.25) is 14.4 Å². The number of hydrogen-bond acceptors (Lipinski definition) is 3. The Morgan fingerprint density at radius 2 is 1.79 bits per heavy atom. The molecule has 6 nitrogen and oxygen atoms in total. The number of carbonyl (C=O) groups excluding carboxylic acids is 2. The zero-order chi connectivity index (χ0) is 17.4. The first-order valence-corrected chi connectivity index (χ1v) is 8.03. The highest BCUT2D eigenvalue weighted by Gasteiger charge is 2.51. The quantitative estimate of drug-likeness (QED) is 0.729. The molecule has 0 aromatic heterocycles. The summed E-state index contributed by atoms with van der Waals surface area (Å²) >= 11 is 6.01. The van der Waals surface area contributed by atoms with E-state index in [1.165, 1.54) is 6.92 Å². The molecule has 0 aliphatic heterocycles. The van der Waals surface area contributed by atoms with E-state index in [9.17, 15) is 19.5 Å². The third-order valence-electron chi connectivity index (χ3n) is 4.59. The molecule has 0 spiro atoms. The summed E-state index contributed by atoms with van der Waals surface area (Å²) in [5.41, 5.74) is 0.855. The van der Waals surface area contributed by atoms with Crippen molar-refractivity contribution >= 4 is 40.8 Å². The Morgan fingerprint density at radius 3 is 2.42 bits per heavy atom. The summed E-state index contributed by atoms with van der Waals surface area (Å²) in [6, 6.07) is 4.74. The molecule has 0 saturated heterocycles. The van der Waals surface area contributed by atoms with Crippen LogP contribution in [0.4, 0.5) is 11.4 Å². The maximum atomic E-state index is 12.6. The van der Waals surface area contributed by atoms with Gasteiger partial charge in [0.05, 0.1) is 22.5 Å². The number of fused-ring (bicyclic) bond motifs is 2. The first kappa shape index (κ1) is 16.5. The van der Waals surface area contributed by atoms with Crippen molar-refractivity contribution < 1.29 is 19.5 Å². The highest BCUT2D eigenvalue weighted by Crippen LogP contribution is 2.48. The maximum absolute atomic E-state index is 12.6. The molecular weight excluding hydrogens is 332 g/mol. The lowest BCUT2D eigenvalue weighted by molar-refractivity contribution is -0.146. The van der Waals surface area contributed by atoms with Crippen LogP contribution in [0.25, 0.3) is 0 Å². The molecule has 2 aliphatic rings. The lowest BCUT2D eigenvalue weighted by Crippen LogP contribution is -2.36. The first-order valence-electron chi connectivity index (χ1n) is 7.66. The molecule has 7 heteroatoms. The molecule has 1 aromatic carbocycles. The second-order valence-corrected chi connectivity index (χ2v) is 6.61. The predicted molar refractivity (Wildman–Crippen MR) is 89.7 cm³/mol. The summed E-state index contributed by atoms with van der Waals surface area (Å²) in [5.74, 6) is -2.94. The van der Waals surface area contributed by atoms with Gasteiger partial charge in [-0.25, -0.2) is 0 Å². The van der Waals surface area contributed by atoms with Gasteiger partial charge in [-0.1, -0.05) is 23.8 Å². The van der Waals surface area contributed by atoms with Crippen LogP contribution in [0.1, 0.15) is 13.3 Å². The number of allylic oxidation sites excluding steroid dienone is 2. The lowest BCUT2D eigenvalue weighted by atomic mass is 9.82. The minimum atomic E-state index is -0.943. The Bertz CT molecular complexity index is 746. The molecule has 24 heavy (non-hydrogen) atoms. The normalized spacial score (nSPS) is 27.1. The molecule has 3 N–H and O–H groups in total. The van der Waals surface area contributed by atoms with Gasteiger partial charge >= 0.3 is 5.97 Å². The summed E-state index contributed by atoms with van der Waals surface area (Å²) in [6.45, 7) is 1.36. The van der Waals surface area contributed by atoms with Gasteiger partial charge in [-0.15, -0.1) is 0 Å². The van der Waals surface area contributed by atoms with Crippen LogP contribution in [-0.4, -0.2) is 22.9 Å². The van der Waals surface area contributed by atoms with E-state index in [1.54, 1.807) is 18.2 Å². The minimum absolute atomic E-state index is 0.0433. The number of anilines is 2. The fourth-order valence-corrected chi connectivity index (χ4v) is 3.80. The van der Waals surface area contributed by atoms with Gasteiger partial charge in [-0.05, 0) is 36.5 Å². The molecule has 0 radical (unpaired) electrons. The number of amides is 2. The fourth-order valence-electron chi connectivity index (χ4n) is 3.63. The molecule has 126 valence electrons. The Balaban J connectivity index is 1.79. The number of nitrogens with one attached hydrogen (secondary N) is 2. The van der Waals surface area contributed by atoms with E-state index in [2.05, 4.69) is 10.6 Å². The molecule has 1 aromatic rings.